The second-order valence-corrected chi connectivity index (χ2v) is 8.66. The summed E-state index contributed by atoms with van der Waals surface area (Å²) in [5, 5.41) is 4.24. The second kappa shape index (κ2) is 10.5. The Kier molecular flexibility index (Phi) is 6.81. The quantitative estimate of drug-likeness (QED) is 0.351. The van der Waals surface area contributed by atoms with Gasteiger partial charge in [-0.15, -0.1) is 0 Å². The lowest BCUT2D eigenvalue weighted by atomic mass is 10.1. The van der Waals surface area contributed by atoms with Gasteiger partial charge >= 0.3 is 0 Å². The molecule has 0 bridgehead atoms. The Labute approximate surface area is 200 Å². The van der Waals surface area contributed by atoms with E-state index in [1.54, 1.807) is 12.4 Å². The van der Waals surface area contributed by atoms with Crippen LogP contribution in [-0.2, 0) is 0 Å². The molecule has 5 rings (SSSR count). The number of nitrogens with zero attached hydrogens (tertiary/aromatic N) is 4. The maximum atomic E-state index is 6.26. The van der Waals surface area contributed by atoms with Crippen LogP contribution in [0.4, 0.5) is 17.5 Å². The number of aromatic nitrogens is 3. The number of benzene rings is 2. The summed E-state index contributed by atoms with van der Waals surface area (Å²) in [6, 6.07) is 17.9. The van der Waals surface area contributed by atoms with Gasteiger partial charge in [0.25, 0.3) is 0 Å². The van der Waals surface area contributed by atoms with Crippen molar-refractivity contribution in [3.63, 3.8) is 0 Å². The first-order valence-electron chi connectivity index (χ1n) is 11.9. The molecule has 3 N–H and O–H groups in total. The molecule has 0 spiro atoms. The largest absolute Gasteiger partial charge is 0.494 e. The van der Waals surface area contributed by atoms with E-state index in [4.69, 9.17) is 10.5 Å². The third-order valence-electron chi connectivity index (χ3n) is 6.17. The molecular formula is C27H30N6O. The Hall–Kier alpha value is -3.71. The van der Waals surface area contributed by atoms with Gasteiger partial charge < -0.3 is 20.7 Å². The Balaban J connectivity index is 1.18. The number of fused-ring (bicyclic) bond motifs is 1. The zero-order valence-corrected chi connectivity index (χ0v) is 19.3. The van der Waals surface area contributed by atoms with Crippen molar-refractivity contribution in [2.75, 3.05) is 37.3 Å². The number of hydrogen-bond donors (Lipinski definition) is 2. The highest BCUT2D eigenvalue weighted by atomic mass is 16.5. The van der Waals surface area contributed by atoms with Gasteiger partial charge in [-0.1, -0.05) is 36.8 Å². The first-order chi connectivity index (χ1) is 16.7. The highest BCUT2D eigenvalue weighted by Crippen LogP contribution is 2.27. The van der Waals surface area contributed by atoms with Crippen molar-refractivity contribution >= 4 is 28.4 Å². The maximum Gasteiger partial charge on any atom is 0.229 e. The molecule has 0 saturated carbocycles. The molecule has 7 heteroatoms. The van der Waals surface area contributed by atoms with Crippen molar-refractivity contribution < 1.29 is 4.74 Å². The van der Waals surface area contributed by atoms with Crippen LogP contribution in [0.2, 0.25) is 0 Å². The summed E-state index contributed by atoms with van der Waals surface area (Å²) >= 11 is 0. The van der Waals surface area contributed by atoms with Crippen LogP contribution in [0.25, 0.3) is 22.0 Å². The van der Waals surface area contributed by atoms with Crippen LogP contribution in [0.5, 0.6) is 5.75 Å². The van der Waals surface area contributed by atoms with Gasteiger partial charge in [0.2, 0.25) is 5.95 Å². The van der Waals surface area contributed by atoms with Gasteiger partial charge in [-0.05, 0) is 62.2 Å². The lowest BCUT2D eigenvalue weighted by Gasteiger charge is -2.26. The summed E-state index contributed by atoms with van der Waals surface area (Å²) < 4.78 is 5.93. The molecule has 1 aliphatic rings. The predicted octanol–water partition coefficient (Wildman–Crippen LogP) is 5.27. The van der Waals surface area contributed by atoms with Crippen molar-refractivity contribution in [2.24, 2.45) is 0 Å². The predicted molar refractivity (Wildman–Crippen MR) is 137 cm³/mol. The highest BCUT2D eigenvalue weighted by Gasteiger charge is 2.10. The fraction of sp³-hybridized carbons (Fsp3) is 0.296. The van der Waals surface area contributed by atoms with E-state index >= 15 is 0 Å². The summed E-state index contributed by atoms with van der Waals surface area (Å²) in [6.45, 7) is 4.30. The smallest absolute Gasteiger partial charge is 0.229 e. The van der Waals surface area contributed by atoms with E-state index in [9.17, 15) is 0 Å². The van der Waals surface area contributed by atoms with Gasteiger partial charge in [0.1, 0.15) is 11.6 Å². The van der Waals surface area contributed by atoms with Crippen molar-refractivity contribution in [2.45, 2.75) is 25.7 Å². The zero-order chi connectivity index (χ0) is 23.2. The van der Waals surface area contributed by atoms with Gasteiger partial charge in [0.15, 0.2) is 0 Å². The Morgan fingerprint density at radius 1 is 0.941 bits per heavy atom. The average molecular weight is 455 g/mol. The molecule has 0 aliphatic carbocycles. The van der Waals surface area contributed by atoms with E-state index in [1.807, 2.05) is 54.6 Å². The first kappa shape index (κ1) is 22.1. The minimum atomic E-state index is 0.418. The fourth-order valence-electron chi connectivity index (χ4n) is 4.34. The number of nitrogen functional groups attached to an aromatic ring is 1. The summed E-state index contributed by atoms with van der Waals surface area (Å²) in [5.41, 5.74) is 9.76. The van der Waals surface area contributed by atoms with Crippen LogP contribution in [-0.4, -0.2) is 46.1 Å². The number of nitrogens with two attached hydrogens (primary N) is 1. The van der Waals surface area contributed by atoms with Crippen LogP contribution >= 0.6 is 0 Å². The topological polar surface area (TPSA) is 89.2 Å². The molecule has 2 aromatic heterocycles. The number of likely N-dealkylation sites (tertiary alicyclic amines) is 1. The van der Waals surface area contributed by atoms with E-state index < -0.39 is 0 Å². The zero-order valence-electron chi connectivity index (χ0n) is 19.3. The van der Waals surface area contributed by atoms with Crippen LogP contribution in [0, 0.1) is 0 Å². The van der Waals surface area contributed by atoms with E-state index in [0.717, 1.165) is 53.0 Å². The summed E-state index contributed by atoms with van der Waals surface area (Å²) in [5.74, 6) is 1.72. The van der Waals surface area contributed by atoms with Crippen molar-refractivity contribution in [3.8, 4) is 16.9 Å². The molecule has 0 atom stereocenters. The number of piperidine rings is 1. The minimum Gasteiger partial charge on any atom is -0.494 e. The second-order valence-electron chi connectivity index (χ2n) is 8.66. The third-order valence-corrected chi connectivity index (χ3v) is 6.17. The number of para-hydroxylation sites is 1. The van der Waals surface area contributed by atoms with Gasteiger partial charge in [-0.3, -0.25) is 4.98 Å². The van der Waals surface area contributed by atoms with E-state index in [2.05, 4.69) is 25.2 Å². The van der Waals surface area contributed by atoms with Gasteiger partial charge in [-0.2, -0.15) is 4.98 Å². The molecule has 1 fully saturated rings. The van der Waals surface area contributed by atoms with Crippen LogP contribution in [0.3, 0.4) is 0 Å². The SMILES string of the molecule is Nc1nc(Nc2cnc3ccccc3c2)ncc1-c1ccc(OCCCN2CCCCC2)cc1. The fourth-order valence-corrected chi connectivity index (χ4v) is 4.34. The number of rotatable bonds is 8. The number of ether oxygens (including phenoxy) is 1. The molecule has 4 aromatic rings. The molecule has 7 nitrogen and oxygen atoms in total. The molecule has 2 aromatic carbocycles. The number of nitrogens with one attached hydrogen (secondary N) is 1. The molecule has 0 amide bonds. The summed E-state index contributed by atoms with van der Waals surface area (Å²) in [7, 11) is 0. The Morgan fingerprint density at radius 2 is 1.76 bits per heavy atom. The van der Waals surface area contributed by atoms with Gasteiger partial charge in [-0.25, -0.2) is 4.98 Å². The highest BCUT2D eigenvalue weighted by molar-refractivity contribution is 5.82. The molecule has 34 heavy (non-hydrogen) atoms. The molecule has 0 radical (unpaired) electrons. The molecule has 1 aliphatic heterocycles. The lowest BCUT2D eigenvalue weighted by Crippen LogP contribution is -2.31. The Bertz CT molecular complexity index is 1240. The van der Waals surface area contributed by atoms with Gasteiger partial charge in [0.05, 0.1) is 24.0 Å². The van der Waals surface area contributed by atoms with E-state index in [-0.39, 0.29) is 0 Å². The number of anilines is 3. The van der Waals surface area contributed by atoms with E-state index in [0.29, 0.717) is 11.8 Å². The molecule has 3 heterocycles. The van der Waals surface area contributed by atoms with Crippen molar-refractivity contribution in [1.29, 1.82) is 0 Å². The maximum absolute atomic E-state index is 6.26. The van der Waals surface area contributed by atoms with Crippen molar-refractivity contribution in [3.05, 3.63) is 67.0 Å². The van der Waals surface area contributed by atoms with Crippen LogP contribution in [0.15, 0.2) is 67.0 Å². The van der Waals surface area contributed by atoms with Crippen LogP contribution in [0.1, 0.15) is 25.7 Å². The van der Waals surface area contributed by atoms with Crippen LogP contribution < -0.4 is 15.8 Å². The lowest BCUT2D eigenvalue weighted by molar-refractivity contribution is 0.205. The standard InChI is InChI=1S/C27H30N6O/c28-26-24(19-30-27(32-26)31-22-17-21-7-2-3-8-25(21)29-18-22)20-9-11-23(12-10-20)34-16-6-15-33-13-4-1-5-14-33/h2-3,7-12,17-19H,1,4-6,13-16H2,(H3,28,30,31,32). The molecule has 0 unspecified atom stereocenters. The molecule has 1 saturated heterocycles. The Morgan fingerprint density at radius 3 is 2.59 bits per heavy atom. The minimum absolute atomic E-state index is 0.418. The molecule has 174 valence electrons. The van der Waals surface area contributed by atoms with E-state index in [1.165, 1.54) is 32.4 Å². The van der Waals surface area contributed by atoms with Gasteiger partial charge in [0, 0.05) is 23.7 Å². The first-order valence-corrected chi connectivity index (χ1v) is 11.9. The number of hydrogen-bond acceptors (Lipinski definition) is 7. The van der Waals surface area contributed by atoms with Crippen molar-refractivity contribution in [1.82, 2.24) is 19.9 Å². The monoisotopic (exact) mass is 454 g/mol. The molecular weight excluding hydrogens is 424 g/mol. The summed E-state index contributed by atoms with van der Waals surface area (Å²) in [6.07, 6.45) is 8.58. The summed E-state index contributed by atoms with van der Waals surface area (Å²) in [4.78, 5) is 15.9. The number of pyridine rings is 1. The normalized spacial score (nSPS) is 14.2. The third kappa shape index (κ3) is 5.43. The average Bonchev–Trinajstić information content (AvgIpc) is 2.88.